The number of hydrogen-bond acceptors (Lipinski definition) is 6. The van der Waals surface area contributed by atoms with Crippen molar-refractivity contribution in [3.8, 4) is 17.2 Å². The molecule has 0 bridgehead atoms. The topological polar surface area (TPSA) is 65.5 Å². The van der Waals surface area contributed by atoms with Gasteiger partial charge in [0.25, 0.3) is 0 Å². The van der Waals surface area contributed by atoms with E-state index < -0.39 is 0 Å². The molecule has 0 spiro atoms. The molecule has 0 radical (unpaired) electrons. The van der Waals surface area contributed by atoms with Crippen molar-refractivity contribution in [2.75, 3.05) is 19.2 Å². The molecule has 6 heteroatoms. The molecule has 2 heterocycles. The summed E-state index contributed by atoms with van der Waals surface area (Å²) in [4.78, 5) is 7.89. The largest absolute Gasteiger partial charge is 0.493 e. The summed E-state index contributed by atoms with van der Waals surface area (Å²) in [5, 5.41) is 3.23. The second kappa shape index (κ2) is 5.01. The Morgan fingerprint density at radius 1 is 1.26 bits per heavy atom. The minimum absolute atomic E-state index is 0.231. The third kappa shape index (κ3) is 2.37. The highest BCUT2D eigenvalue weighted by atomic mass is 16.7. The zero-order valence-corrected chi connectivity index (χ0v) is 10.4. The minimum Gasteiger partial charge on any atom is -0.493 e. The van der Waals surface area contributed by atoms with Crippen LogP contribution in [0.25, 0.3) is 0 Å². The van der Waals surface area contributed by atoms with Crippen molar-refractivity contribution in [2.24, 2.45) is 0 Å². The van der Waals surface area contributed by atoms with Crippen LogP contribution in [0.1, 0.15) is 5.56 Å². The minimum atomic E-state index is 0.231. The lowest BCUT2D eigenvalue weighted by atomic mass is 10.2. The van der Waals surface area contributed by atoms with E-state index in [-0.39, 0.29) is 6.79 Å². The van der Waals surface area contributed by atoms with Gasteiger partial charge in [0.2, 0.25) is 12.5 Å². The summed E-state index contributed by atoms with van der Waals surface area (Å²) in [6.45, 7) is 0.857. The van der Waals surface area contributed by atoms with Crippen molar-refractivity contribution in [2.45, 2.75) is 6.54 Å². The predicted molar refractivity (Wildman–Crippen MR) is 68.5 cm³/mol. The van der Waals surface area contributed by atoms with E-state index in [0.29, 0.717) is 23.8 Å². The molecule has 0 atom stereocenters. The Kier molecular flexibility index (Phi) is 3.06. The smallest absolute Gasteiger partial charge is 0.231 e. The van der Waals surface area contributed by atoms with E-state index in [1.165, 1.54) is 6.33 Å². The summed E-state index contributed by atoms with van der Waals surface area (Å²) in [6.07, 6.45) is 4.93. The third-order valence-corrected chi connectivity index (χ3v) is 2.78. The maximum absolute atomic E-state index is 5.38. The summed E-state index contributed by atoms with van der Waals surface area (Å²) in [5.74, 6) is 2.05. The zero-order valence-electron chi connectivity index (χ0n) is 10.4. The molecule has 98 valence electrons. The van der Waals surface area contributed by atoms with Crippen LogP contribution in [0.4, 0.5) is 5.69 Å². The summed E-state index contributed by atoms with van der Waals surface area (Å²) in [7, 11) is 1.61. The summed E-state index contributed by atoms with van der Waals surface area (Å²) < 4.78 is 16.0. The second-order valence-electron chi connectivity index (χ2n) is 4.01. The Balaban J connectivity index is 1.78. The third-order valence-electron chi connectivity index (χ3n) is 2.78. The van der Waals surface area contributed by atoms with E-state index >= 15 is 0 Å². The highest BCUT2D eigenvalue weighted by Crippen LogP contribution is 2.41. The van der Waals surface area contributed by atoms with Crippen LogP contribution < -0.4 is 19.5 Å². The molecule has 1 N–H and O–H groups in total. The average Bonchev–Trinajstić information content (AvgIpc) is 2.93. The first kappa shape index (κ1) is 11.6. The normalized spacial score (nSPS) is 12.3. The van der Waals surface area contributed by atoms with Crippen LogP contribution in [-0.4, -0.2) is 23.9 Å². The van der Waals surface area contributed by atoms with Gasteiger partial charge in [-0.2, -0.15) is 0 Å². The summed E-state index contributed by atoms with van der Waals surface area (Å²) in [5.41, 5.74) is 1.89. The molecule has 0 amide bonds. The van der Waals surface area contributed by atoms with E-state index in [9.17, 15) is 0 Å². The SMILES string of the molecule is COc1cc(CNc2cncnc2)cc2c1OCO2. The Bertz CT molecular complexity index is 575. The molecule has 0 fully saturated rings. The van der Waals surface area contributed by atoms with Gasteiger partial charge in [0, 0.05) is 6.54 Å². The number of ether oxygens (including phenoxy) is 3. The Morgan fingerprint density at radius 2 is 2.11 bits per heavy atom. The van der Waals surface area contributed by atoms with Gasteiger partial charge in [-0.25, -0.2) is 9.97 Å². The standard InChI is InChI=1S/C13H13N3O3/c1-17-11-2-9(3-12-13(11)19-8-18-12)4-16-10-5-14-7-15-6-10/h2-3,5-7,16H,4,8H2,1H3. The van der Waals surface area contributed by atoms with Gasteiger partial charge in [-0.05, 0) is 17.7 Å². The number of nitrogens with zero attached hydrogens (tertiary/aromatic N) is 2. The van der Waals surface area contributed by atoms with Gasteiger partial charge in [-0.1, -0.05) is 0 Å². The number of rotatable bonds is 4. The lowest BCUT2D eigenvalue weighted by molar-refractivity contribution is 0.171. The van der Waals surface area contributed by atoms with Gasteiger partial charge in [0.15, 0.2) is 11.5 Å². The van der Waals surface area contributed by atoms with Crippen LogP contribution in [0.2, 0.25) is 0 Å². The Morgan fingerprint density at radius 3 is 2.89 bits per heavy atom. The van der Waals surface area contributed by atoms with Gasteiger partial charge in [0.05, 0.1) is 25.2 Å². The molecule has 19 heavy (non-hydrogen) atoms. The van der Waals surface area contributed by atoms with Crippen LogP contribution in [0, 0.1) is 0 Å². The Hall–Kier alpha value is -2.50. The number of anilines is 1. The van der Waals surface area contributed by atoms with E-state index in [4.69, 9.17) is 14.2 Å². The van der Waals surface area contributed by atoms with Crippen LogP contribution in [0.15, 0.2) is 30.9 Å². The molecule has 0 unspecified atom stereocenters. The van der Waals surface area contributed by atoms with E-state index in [1.54, 1.807) is 19.5 Å². The van der Waals surface area contributed by atoms with Crippen LogP contribution in [-0.2, 0) is 6.54 Å². The highest BCUT2D eigenvalue weighted by molar-refractivity contribution is 5.55. The first-order chi connectivity index (χ1) is 9.36. The van der Waals surface area contributed by atoms with Crippen molar-refractivity contribution in [3.63, 3.8) is 0 Å². The number of nitrogens with one attached hydrogen (secondary N) is 1. The fourth-order valence-corrected chi connectivity index (χ4v) is 1.88. The van der Waals surface area contributed by atoms with Crippen molar-refractivity contribution in [1.29, 1.82) is 0 Å². The monoisotopic (exact) mass is 259 g/mol. The predicted octanol–water partition coefficient (Wildman–Crippen LogP) is 1.83. The van der Waals surface area contributed by atoms with Gasteiger partial charge >= 0.3 is 0 Å². The van der Waals surface area contributed by atoms with E-state index in [1.807, 2.05) is 12.1 Å². The van der Waals surface area contributed by atoms with Gasteiger partial charge < -0.3 is 19.5 Å². The fraction of sp³-hybridized carbons (Fsp3) is 0.231. The molecule has 1 aromatic carbocycles. The highest BCUT2D eigenvalue weighted by Gasteiger charge is 2.19. The molecule has 0 aliphatic carbocycles. The molecule has 2 aromatic rings. The number of hydrogen-bond donors (Lipinski definition) is 1. The van der Waals surface area contributed by atoms with E-state index in [0.717, 1.165) is 11.3 Å². The molecular weight excluding hydrogens is 246 g/mol. The van der Waals surface area contributed by atoms with Gasteiger partial charge in [-0.15, -0.1) is 0 Å². The van der Waals surface area contributed by atoms with Crippen LogP contribution in [0.3, 0.4) is 0 Å². The molecule has 1 aliphatic heterocycles. The van der Waals surface area contributed by atoms with Crippen molar-refractivity contribution >= 4 is 5.69 Å². The van der Waals surface area contributed by atoms with Gasteiger partial charge in [0.1, 0.15) is 6.33 Å². The Labute approximate surface area is 110 Å². The molecule has 1 aliphatic rings. The average molecular weight is 259 g/mol. The lowest BCUT2D eigenvalue weighted by Crippen LogP contribution is -2.00. The fourth-order valence-electron chi connectivity index (χ4n) is 1.88. The summed E-state index contributed by atoms with van der Waals surface area (Å²) in [6, 6.07) is 3.85. The first-order valence-electron chi connectivity index (χ1n) is 5.82. The maximum atomic E-state index is 5.38. The van der Waals surface area contributed by atoms with Crippen molar-refractivity contribution in [3.05, 3.63) is 36.4 Å². The van der Waals surface area contributed by atoms with E-state index in [2.05, 4.69) is 15.3 Å². The lowest BCUT2D eigenvalue weighted by Gasteiger charge is -2.09. The first-order valence-corrected chi connectivity index (χ1v) is 5.82. The maximum Gasteiger partial charge on any atom is 0.231 e. The van der Waals surface area contributed by atoms with Crippen LogP contribution >= 0.6 is 0 Å². The van der Waals surface area contributed by atoms with Crippen molar-refractivity contribution in [1.82, 2.24) is 9.97 Å². The van der Waals surface area contributed by atoms with Crippen molar-refractivity contribution < 1.29 is 14.2 Å². The molecule has 0 saturated carbocycles. The van der Waals surface area contributed by atoms with Crippen LogP contribution in [0.5, 0.6) is 17.2 Å². The number of fused-ring (bicyclic) bond motifs is 1. The van der Waals surface area contributed by atoms with Gasteiger partial charge in [-0.3, -0.25) is 0 Å². The number of methoxy groups -OCH3 is 1. The number of benzene rings is 1. The quantitative estimate of drug-likeness (QED) is 0.903. The molecule has 1 aromatic heterocycles. The zero-order chi connectivity index (χ0) is 13.1. The molecule has 3 rings (SSSR count). The summed E-state index contributed by atoms with van der Waals surface area (Å²) >= 11 is 0. The second-order valence-corrected chi connectivity index (χ2v) is 4.01. The number of aromatic nitrogens is 2. The molecule has 6 nitrogen and oxygen atoms in total. The molecule has 0 saturated heterocycles. The molecular formula is C13H13N3O3.